The van der Waals surface area contributed by atoms with Crippen molar-refractivity contribution >= 4 is 34.6 Å². The van der Waals surface area contributed by atoms with E-state index in [0.29, 0.717) is 22.2 Å². The fraction of sp³-hybridized carbons (Fsp3) is 0.429. The SMILES string of the molecule is CCCCNC(=S)Nc1cc(NC(C)=O)ccc1OC. The zero-order valence-corrected chi connectivity index (χ0v) is 12.9. The first-order chi connectivity index (χ1) is 9.56. The quantitative estimate of drug-likeness (QED) is 0.556. The van der Waals surface area contributed by atoms with Gasteiger partial charge in [0.05, 0.1) is 12.8 Å². The molecule has 1 aromatic rings. The third kappa shape index (κ3) is 5.44. The van der Waals surface area contributed by atoms with Gasteiger partial charge in [-0.05, 0) is 36.8 Å². The third-order valence-corrected chi connectivity index (χ3v) is 2.83. The Morgan fingerprint density at radius 2 is 2.10 bits per heavy atom. The van der Waals surface area contributed by atoms with Crippen LogP contribution in [0.15, 0.2) is 18.2 Å². The maximum absolute atomic E-state index is 11.1. The molecule has 0 unspecified atom stereocenters. The summed E-state index contributed by atoms with van der Waals surface area (Å²) in [7, 11) is 1.59. The van der Waals surface area contributed by atoms with Crippen LogP contribution in [0.25, 0.3) is 0 Å². The average molecular weight is 295 g/mol. The number of thiocarbonyl (C=S) groups is 1. The van der Waals surface area contributed by atoms with Gasteiger partial charge in [0.25, 0.3) is 0 Å². The number of carbonyl (C=O) groups is 1. The summed E-state index contributed by atoms with van der Waals surface area (Å²) in [5.74, 6) is 0.545. The topological polar surface area (TPSA) is 62.4 Å². The van der Waals surface area contributed by atoms with Crippen LogP contribution in [-0.2, 0) is 4.79 Å². The Hall–Kier alpha value is -1.82. The zero-order chi connectivity index (χ0) is 15.0. The number of methoxy groups -OCH3 is 1. The molecule has 0 saturated heterocycles. The summed E-state index contributed by atoms with van der Waals surface area (Å²) < 4.78 is 5.27. The lowest BCUT2D eigenvalue weighted by Crippen LogP contribution is -2.29. The van der Waals surface area contributed by atoms with Crippen molar-refractivity contribution < 1.29 is 9.53 Å². The van der Waals surface area contributed by atoms with Crippen molar-refractivity contribution in [1.29, 1.82) is 0 Å². The Labute approximate surface area is 125 Å². The van der Waals surface area contributed by atoms with Crippen LogP contribution in [0.5, 0.6) is 5.75 Å². The molecule has 0 heterocycles. The number of amides is 1. The van der Waals surface area contributed by atoms with Crippen LogP contribution < -0.4 is 20.7 Å². The van der Waals surface area contributed by atoms with Crippen molar-refractivity contribution in [3.8, 4) is 5.75 Å². The summed E-state index contributed by atoms with van der Waals surface area (Å²) in [5.41, 5.74) is 1.41. The minimum atomic E-state index is -0.121. The summed E-state index contributed by atoms with van der Waals surface area (Å²) in [6, 6.07) is 5.34. The highest BCUT2D eigenvalue weighted by Gasteiger charge is 2.07. The molecule has 0 saturated carbocycles. The lowest BCUT2D eigenvalue weighted by Gasteiger charge is -2.14. The van der Waals surface area contributed by atoms with E-state index in [1.807, 2.05) is 0 Å². The average Bonchev–Trinajstić information content (AvgIpc) is 2.38. The molecule has 1 aromatic carbocycles. The molecule has 0 aromatic heterocycles. The highest BCUT2D eigenvalue weighted by atomic mass is 32.1. The van der Waals surface area contributed by atoms with Crippen LogP contribution in [0.2, 0.25) is 0 Å². The second-order valence-corrected chi connectivity index (χ2v) is 4.74. The second kappa shape index (κ2) is 8.37. The molecule has 0 spiro atoms. The fourth-order valence-electron chi connectivity index (χ4n) is 1.63. The number of hydrogen-bond donors (Lipinski definition) is 3. The van der Waals surface area contributed by atoms with E-state index >= 15 is 0 Å². The number of unbranched alkanes of at least 4 members (excludes halogenated alkanes) is 1. The fourth-order valence-corrected chi connectivity index (χ4v) is 1.84. The molecular weight excluding hydrogens is 274 g/mol. The lowest BCUT2D eigenvalue weighted by molar-refractivity contribution is -0.114. The molecular formula is C14H21N3O2S. The van der Waals surface area contributed by atoms with Crippen LogP contribution in [0.1, 0.15) is 26.7 Å². The Morgan fingerprint density at radius 1 is 1.35 bits per heavy atom. The molecule has 1 rings (SSSR count). The number of ether oxygens (including phenoxy) is 1. The van der Waals surface area contributed by atoms with Crippen molar-refractivity contribution in [1.82, 2.24) is 5.32 Å². The zero-order valence-electron chi connectivity index (χ0n) is 12.1. The number of benzene rings is 1. The van der Waals surface area contributed by atoms with E-state index in [4.69, 9.17) is 17.0 Å². The van der Waals surface area contributed by atoms with E-state index in [-0.39, 0.29) is 5.91 Å². The van der Waals surface area contributed by atoms with Crippen molar-refractivity contribution in [2.45, 2.75) is 26.7 Å². The standard InChI is InChI=1S/C14H21N3O2S/c1-4-5-8-15-14(20)17-12-9-11(16-10(2)18)6-7-13(12)19-3/h6-7,9H,4-5,8H2,1-3H3,(H,16,18)(H2,15,17,20). The van der Waals surface area contributed by atoms with Crippen LogP contribution in [0.4, 0.5) is 11.4 Å². The van der Waals surface area contributed by atoms with Gasteiger partial charge in [0.15, 0.2) is 5.11 Å². The molecule has 20 heavy (non-hydrogen) atoms. The number of rotatable bonds is 6. The number of hydrogen-bond acceptors (Lipinski definition) is 3. The maximum Gasteiger partial charge on any atom is 0.221 e. The van der Waals surface area contributed by atoms with Crippen molar-refractivity contribution in [3.63, 3.8) is 0 Å². The number of carbonyl (C=O) groups excluding carboxylic acids is 1. The molecule has 0 aliphatic carbocycles. The Morgan fingerprint density at radius 3 is 2.70 bits per heavy atom. The molecule has 6 heteroatoms. The van der Waals surface area contributed by atoms with Gasteiger partial charge in [-0.15, -0.1) is 0 Å². The first-order valence-electron chi connectivity index (χ1n) is 6.57. The molecule has 1 amide bonds. The molecule has 0 radical (unpaired) electrons. The summed E-state index contributed by atoms with van der Waals surface area (Å²) in [6.45, 7) is 4.42. The third-order valence-electron chi connectivity index (χ3n) is 2.58. The minimum absolute atomic E-state index is 0.121. The largest absolute Gasteiger partial charge is 0.495 e. The van der Waals surface area contributed by atoms with Gasteiger partial charge in [0.2, 0.25) is 5.91 Å². The molecule has 3 N–H and O–H groups in total. The first kappa shape index (κ1) is 16.2. The number of anilines is 2. The second-order valence-electron chi connectivity index (χ2n) is 4.33. The van der Waals surface area contributed by atoms with Gasteiger partial charge in [-0.3, -0.25) is 4.79 Å². The normalized spacial score (nSPS) is 9.75. The molecule has 0 bridgehead atoms. The Kier molecular flexibility index (Phi) is 6.79. The Balaban J connectivity index is 2.74. The number of nitrogens with one attached hydrogen (secondary N) is 3. The smallest absolute Gasteiger partial charge is 0.221 e. The van der Waals surface area contributed by atoms with Crippen molar-refractivity contribution in [3.05, 3.63) is 18.2 Å². The van der Waals surface area contributed by atoms with Crippen LogP contribution in [0, 0.1) is 0 Å². The van der Waals surface area contributed by atoms with Crippen molar-refractivity contribution in [2.75, 3.05) is 24.3 Å². The van der Waals surface area contributed by atoms with Crippen LogP contribution in [0.3, 0.4) is 0 Å². The maximum atomic E-state index is 11.1. The van der Waals surface area contributed by atoms with E-state index in [1.165, 1.54) is 6.92 Å². The first-order valence-corrected chi connectivity index (χ1v) is 6.98. The molecule has 0 atom stereocenters. The van der Waals surface area contributed by atoms with Gasteiger partial charge in [-0.25, -0.2) is 0 Å². The lowest BCUT2D eigenvalue weighted by atomic mass is 10.2. The van der Waals surface area contributed by atoms with E-state index < -0.39 is 0 Å². The molecule has 5 nitrogen and oxygen atoms in total. The van der Waals surface area contributed by atoms with Crippen molar-refractivity contribution in [2.24, 2.45) is 0 Å². The minimum Gasteiger partial charge on any atom is -0.495 e. The Bertz CT molecular complexity index is 477. The molecule has 0 aliphatic rings. The van der Waals surface area contributed by atoms with E-state index in [9.17, 15) is 4.79 Å². The van der Waals surface area contributed by atoms with Gasteiger partial charge >= 0.3 is 0 Å². The molecule has 0 fully saturated rings. The highest BCUT2D eigenvalue weighted by molar-refractivity contribution is 7.80. The predicted molar refractivity (Wildman–Crippen MR) is 86.4 cm³/mol. The van der Waals surface area contributed by atoms with Gasteiger partial charge in [-0.1, -0.05) is 13.3 Å². The van der Waals surface area contributed by atoms with Crippen LogP contribution in [-0.4, -0.2) is 24.7 Å². The van der Waals surface area contributed by atoms with Crippen LogP contribution >= 0.6 is 12.2 Å². The van der Waals surface area contributed by atoms with Gasteiger partial charge < -0.3 is 20.7 Å². The summed E-state index contributed by atoms with van der Waals surface area (Å²) >= 11 is 5.22. The summed E-state index contributed by atoms with van der Waals surface area (Å²) in [4.78, 5) is 11.1. The summed E-state index contributed by atoms with van der Waals surface area (Å²) in [5, 5.41) is 9.46. The predicted octanol–water partition coefficient (Wildman–Crippen LogP) is 2.74. The van der Waals surface area contributed by atoms with Gasteiger partial charge in [-0.2, -0.15) is 0 Å². The van der Waals surface area contributed by atoms with E-state index in [2.05, 4.69) is 22.9 Å². The van der Waals surface area contributed by atoms with Gasteiger partial charge in [0.1, 0.15) is 5.75 Å². The van der Waals surface area contributed by atoms with Gasteiger partial charge in [0, 0.05) is 19.2 Å². The highest BCUT2D eigenvalue weighted by Crippen LogP contribution is 2.27. The molecule has 0 aliphatic heterocycles. The summed E-state index contributed by atoms with van der Waals surface area (Å²) in [6.07, 6.45) is 2.17. The molecule has 110 valence electrons. The monoisotopic (exact) mass is 295 g/mol. The van der Waals surface area contributed by atoms with E-state index in [1.54, 1.807) is 25.3 Å². The van der Waals surface area contributed by atoms with E-state index in [0.717, 1.165) is 19.4 Å².